The van der Waals surface area contributed by atoms with Crippen molar-refractivity contribution in [1.29, 1.82) is 0 Å². The first kappa shape index (κ1) is 15.3. The number of rotatable bonds is 0. The molecule has 1 spiro atoms. The van der Waals surface area contributed by atoms with Crippen LogP contribution in [0.1, 0.15) is 58.8 Å². The van der Waals surface area contributed by atoms with Crippen molar-refractivity contribution in [3.63, 3.8) is 0 Å². The maximum Gasteiger partial charge on any atom is 0.172 e. The summed E-state index contributed by atoms with van der Waals surface area (Å²) >= 11 is 0. The van der Waals surface area contributed by atoms with Crippen LogP contribution in [0.15, 0.2) is 22.8 Å². The number of carbonyl (C=O) groups is 1. The van der Waals surface area contributed by atoms with Crippen LogP contribution in [-0.2, 0) is 14.3 Å². The molecule has 0 amide bonds. The van der Waals surface area contributed by atoms with Crippen LogP contribution in [0, 0.1) is 23.2 Å². The number of hydrogen-bond donors (Lipinski definition) is 0. The fourth-order valence-corrected chi connectivity index (χ4v) is 6.45. The molecular formula is C21H28O3. The van der Waals surface area contributed by atoms with Crippen molar-refractivity contribution in [2.75, 3.05) is 13.2 Å². The van der Waals surface area contributed by atoms with Gasteiger partial charge < -0.3 is 9.47 Å². The minimum atomic E-state index is -0.326. The summed E-state index contributed by atoms with van der Waals surface area (Å²) in [5, 5.41) is 0. The van der Waals surface area contributed by atoms with E-state index in [1.807, 2.05) is 0 Å². The summed E-state index contributed by atoms with van der Waals surface area (Å²) in [7, 11) is 0. The van der Waals surface area contributed by atoms with Crippen molar-refractivity contribution in [3.8, 4) is 0 Å². The number of hydrogen-bond acceptors (Lipinski definition) is 3. The summed E-state index contributed by atoms with van der Waals surface area (Å²) in [6, 6.07) is 0. The van der Waals surface area contributed by atoms with E-state index in [2.05, 4.69) is 19.9 Å². The lowest BCUT2D eigenvalue weighted by atomic mass is 9.57. The molecule has 0 aromatic carbocycles. The molecule has 4 atom stereocenters. The molecule has 3 heteroatoms. The standard InChI is InChI=1S/C21H28O3/c1-13-15-6-7-20(2)18(3-4-19(20)22)16(15)11-14-5-8-21(12-17(13)14)23-9-10-24-21/h6,14,16,18H,3-5,7-12H2,1-2H3/t14?,16?,18?,20-/m1/s1. The van der Waals surface area contributed by atoms with Gasteiger partial charge in [0.15, 0.2) is 5.79 Å². The van der Waals surface area contributed by atoms with E-state index in [0.717, 1.165) is 45.3 Å². The molecule has 24 heavy (non-hydrogen) atoms. The molecule has 3 fully saturated rings. The fourth-order valence-electron chi connectivity index (χ4n) is 6.45. The molecule has 0 N–H and O–H groups in total. The van der Waals surface area contributed by atoms with Gasteiger partial charge >= 0.3 is 0 Å². The van der Waals surface area contributed by atoms with Crippen LogP contribution >= 0.6 is 0 Å². The first-order valence-electron chi connectivity index (χ1n) is 9.74. The number of carbonyl (C=O) groups excluding carboxylic acids is 1. The second-order valence-electron chi connectivity index (χ2n) is 8.86. The Kier molecular flexibility index (Phi) is 3.22. The van der Waals surface area contributed by atoms with Gasteiger partial charge in [0.2, 0.25) is 0 Å². The van der Waals surface area contributed by atoms with Crippen LogP contribution < -0.4 is 0 Å². The molecule has 1 heterocycles. The Morgan fingerprint density at radius 2 is 2.00 bits per heavy atom. The van der Waals surface area contributed by atoms with Gasteiger partial charge in [-0.1, -0.05) is 18.6 Å². The summed E-state index contributed by atoms with van der Waals surface area (Å²) in [5.41, 5.74) is 4.54. The molecule has 3 unspecified atom stereocenters. The predicted molar refractivity (Wildman–Crippen MR) is 91.3 cm³/mol. The van der Waals surface area contributed by atoms with Gasteiger partial charge in [0.1, 0.15) is 5.78 Å². The van der Waals surface area contributed by atoms with Gasteiger partial charge in [-0.25, -0.2) is 0 Å². The van der Waals surface area contributed by atoms with Crippen molar-refractivity contribution in [2.45, 2.75) is 64.6 Å². The van der Waals surface area contributed by atoms with Gasteiger partial charge in [-0.05, 0) is 61.5 Å². The Labute approximate surface area is 144 Å². The average Bonchev–Trinajstić information content (AvgIpc) is 3.14. The lowest BCUT2D eigenvalue weighted by Gasteiger charge is -2.48. The third-order valence-corrected chi connectivity index (χ3v) is 7.86. The maximum atomic E-state index is 12.5. The average molecular weight is 328 g/mol. The minimum Gasteiger partial charge on any atom is -0.347 e. The zero-order valence-corrected chi connectivity index (χ0v) is 14.9. The van der Waals surface area contributed by atoms with Gasteiger partial charge in [0.25, 0.3) is 0 Å². The first-order chi connectivity index (χ1) is 11.5. The molecular weight excluding hydrogens is 300 g/mol. The van der Waals surface area contributed by atoms with E-state index in [1.54, 1.807) is 11.1 Å². The van der Waals surface area contributed by atoms with E-state index in [9.17, 15) is 4.79 Å². The Morgan fingerprint density at radius 1 is 1.21 bits per heavy atom. The van der Waals surface area contributed by atoms with Gasteiger partial charge in [-0.3, -0.25) is 4.79 Å². The van der Waals surface area contributed by atoms with Crippen LogP contribution in [0.25, 0.3) is 0 Å². The monoisotopic (exact) mass is 328 g/mol. The van der Waals surface area contributed by atoms with E-state index in [0.29, 0.717) is 23.5 Å². The van der Waals surface area contributed by atoms with E-state index in [1.165, 1.54) is 18.4 Å². The third-order valence-electron chi connectivity index (χ3n) is 7.86. The second-order valence-corrected chi connectivity index (χ2v) is 8.86. The summed E-state index contributed by atoms with van der Waals surface area (Å²) in [4.78, 5) is 12.5. The summed E-state index contributed by atoms with van der Waals surface area (Å²) in [6.07, 6.45) is 9.63. The smallest absolute Gasteiger partial charge is 0.172 e. The third kappa shape index (κ3) is 1.94. The zero-order valence-electron chi connectivity index (χ0n) is 14.9. The number of fused-ring (bicyclic) bond motifs is 4. The molecule has 5 aliphatic rings. The lowest BCUT2D eigenvalue weighted by Crippen LogP contribution is -2.43. The Bertz CT molecular complexity index is 652. The number of Topliss-reactive ketones (excluding diaryl/α,β-unsaturated/α-hetero) is 1. The maximum absolute atomic E-state index is 12.5. The summed E-state index contributed by atoms with van der Waals surface area (Å²) in [5.74, 6) is 2.02. The highest BCUT2D eigenvalue weighted by Gasteiger charge is 2.54. The normalized spacial score (nSPS) is 43.5. The van der Waals surface area contributed by atoms with Crippen molar-refractivity contribution in [3.05, 3.63) is 22.8 Å². The van der Waals surface area contributed by atoms with Crippen LogP contribution in [0.2, 0.25) is 0 Å². The van der Waals surface area contributed by atoms with E-state index in [-0.39, 0.29) is 11.2 Å². The van der Waals surface area contributed by atoms with Crippen molar-refractivity contribution in [2.24, 2.45) is 23.2 Å². The van der Waals surface area contributed by atoms with Crippen LogP contribution in [0.5, 0.6) is 0 Å². The molecule has 2 saturated carbocycles. The molecule has 0 aromatic heterocycles. The number of ether oxygens (including phenoxy) is 2. The number of allylic oxidation sites excluding steroid dienone is 3. The van der Waals surface area contributed by atoms with E-state index in [4.69, 9.17) is 9.47 Å². The van der Waals surface area contributed by atoms with Crippen LogP contribution in [-0.4, -0.2) is 24.8 Å². The molecule has 3 nitrogen and oxygen atoms in total. The van der Waals surface area contributed by atoms with Gasteiger partial charge in [0.05, 0.1) is 13.2 Å². The van der Waals surface area contributed by atoms with Crippen LogP contribution in [0.3, 0.4) is 0 Å². The predicted octanol–water partition coefficient (Wildman–Crippen LogP) is 4.18. The molecule has 4 aliphatic carbocycles. The highest BCUT2D eigenvalue weighted by atomic mass is 16.7. The summed E-state index contributed by atoms with van der Waals surface area (Å²) < 4.78 is 12.0. The molecule has 5 rings (SSSR count). The molecule has 0 radical (unpaired) electrons. The Morgan fingerprint density at radius 3 is 2.79 bits per heavy atom. The van der Waals surface area contributed by atoms with Gasteiger partial charge in [0, 0.05) is 24.7 Å². The summed E-state index contributed by atoms with van der Waals surface area (Å²) in [6.45, 7) is 6.02. The molecule has 1 saturated heterocycles. The topological polar surface area (TPSA) is 35.5 Å². The lowest BCUT2D eigenvalue weighted by molar-refractivity contribution is -0.172. The SMILES string of the molecule is CC1=C2CC3(CCC2CC2C1=CC[C@@]1(C)C(=O)CCC21)OCCO3. The molecule has 130 valence electrons. The molecule has 0 bridgehead atoms. The van der Waals surface area contributed by atoms with Crippen LogP contribution in [0.4, 0.5) is 0 Å². The highest BCUT2D eigenvalue weighted by molar-refractivity contribution is 5.87. The Hall–Kier alpha value is -0.930. The Balaban J connectivity index is 1.52. The minimum absolute atomic E-state index is 0.0838. The van der Waals surface area contributed by atoms with Crippen molar-refractivity contribution >= 4 is 5.78 Å². The largest absolute Gasteiger partial charge is 0.347 e. The van der Waals surface area contributed by atoms with Gasteiger partial charge in [-0.2, -0.15) is 0 Å². The van der Waals surface area contributed by atoms with Gasteiger partial charge in [-0.15, -0.1) is 0 Å². The van der Waals surface area contributed by atoms with Crippen molar-refractivity contribution < 1.29 is 14.3 Å². The second kappa shape index (κ2) is 5.04. The molecule has 1 aliphatic heterocycles. The van der Waals surface area contributed by atoms with E-state index < -0.39 is 0 Å². The number of ketones is 1. The highest BCUT2D eigenvalue weighted by Crippen LogP contribution is 2.59. The van der Waals surface area contributed by atoms with E-state index >= 15 is 0 Å². The fraction of sp³-hybridized carbons (Fsp3) is 0.762. The van der Waals surface area contributed by atoms with Crippen molar-refractivity contribution in [1.82, 2.24) is 0 Å². The molecule has 0 aromatic rings. The zero-order chi connectivity index (χ0) is 16.5. The first-order valence-corrected chi connectivity index (χ1v) is 9.74. The quantitative estimate of drug-likeness (QED) is 0.669.